The maximum absolute atomic E-state index is 6.44. The molecule has 0 aromatic heterocycles. The second kappa shape index (κ2) is 4.57. The molecule has 0 amide bonds. The maximum atomic E-state index is 6.44. The van der Waals surface area contributed by atoms with Gasteiger partial charge in [-0.15, -0.1) is 0 Å². The van der Waals surface area contributed by atoms with Gasteiger partial charge in [-0.25, -0.2) is 0 Å². The van der Waals surface area contributed by atoms with Crippen molar-refractivity contribution < 1.29 is 0 Å². The van der Waals surface area contributed by atoms with Crippen LogP contribution in [0.25, 0.3) is 0 Å². The van der Waals surface area contributed by atoms with Gasteiger partial charge in [-0.2, -0.15) is 0 Å². The molecule has 4 heteroatoms. The van der Waals surface area contributed by atoms with Gasteiger partial charge in [0.25, 0.3) is 0 Å². The van der Waals surface area contributed by atoms with Gasteiger partial charge in [0, 0.05) is 19.1 Å². The lowest BCUT2D eigenvalue weighted by Gasteiger charge is -2.51. The molecule has 3 unspecified atom stereocenters. The molecule has 0 radical (unpaired) electrons. The van der Waals surface area contributed by atoms with Crippen molar-refractivity contribution in [3.8, 4) is 0 Å². The fourth-order valence-electron chi connectivity index (χ4n) is 2.47. The molecule has 0 aromatic carbocycles. The summed E-state index contributed by atoms with van der Waals surface area (Å²) in [6.07, 6.45) is 0.931. The largest absolute Gasteiger partial charge is 0.326 e. The third-order valence-corrected chi connectivity index (χ3v) is 3.35. The summed E-state index contributed by atoms with van der Waals surface area (Å²) in [6.45, 7) is 9.30. The zero-order valence-corrected chi connectivity index (χ0v) is 9.59. The van der Waals surface area contributed by atoms with Crippen LogP contribution in [0.3, 0.4) is 0 Å². The van der Waals surface area contributed by atoms with Crippen LogP contribution in [0.15, 0.2) is 0 Å². The number of hydrogen-bond acceptors (Lipinski definition) is 4. The molecular formula is C10H24N4. The lowest BCUT2D eigenvalue weighted by atomic mass is 9.89. The van der Waals surface area contributed by atoms with Crippen molar-refractivity contribution >= 4 is 0 Å². The van der Waals surface area contributed by atoms with Crippen LogP contribution < -0.4 is 16.8 Å². The van der Waals surface area contributed by atoms with E-state index in [0.717, 1.165) is 26.1 Å². The van der Waals surface area contributed by atoms with Crippen molar-refractivity contribution in [2.45, 2.75) is 44.9 Å². The molecular weight excluding hydrogens is 176 g/mol. The van der Waals surface area contributed by atoms with E-state index < -0.39 is 0 Å². The molecule has 0 aromatic rings. The Hall–Kier alpha value is -0.160. The van der Waals surface area contributed by atoms with E-state index in [2.05, 4.69) is 24.1 Å². The Morgan fingerprint density at radius 3 is 2.64 bits per heavy atom. The smallest absolute Gasteiger partial charge is 0.0857 e. The zero-order valence-electron chi connectivity index (χ0n) is 9.59. The maximum Gasteiger partial charge on any atom is 0.0857 e. The molecule has 1 aliphatic rings. The predicted octanol–water partition coefficient (Wildman–Crippen LogP) is -0.308. The minimum atomic E-state index is -0.277. The first-order valence-electron chi connectivity index (χ1n) is 5.59. The molecule has 0 bridgehead atoms. The predicted molar refractivity (Wildman–Crippen MR) is 59.9 cm³/mol. The molecule has 0 saturated carbocycles. The van der Waals surface area contributed by atoms with Gasteiger partial charge in [-0.1, -0.05) is 13.8 Å². The average Bonchev–Trinajstić information content (AvgIpc) is 2.17. The van der Waals surface area contributed by atoms with E-state index in [-0.39, 0.29) is 17.7 Å². The van der Waals surface area contributed by atoms with Gasteiger partial charge < -0.3 is 16.8 Å². The fourth-order valence-corrected chi connectivity index (χ4v) is 2.47. The van der Waals surface area contributed by atoms with E-state index in [1.54, 1.807) is 0 Å². The van der Waals surface area contributed by atoms with Crippen molar-refractivity contribution in [2.24, 2.45) is 11.5 Å². The molecule has 1 aliphatic heterocycles. The molecule has 1 saturated heterocycles. The summed E-state index contributed by atoms with van der Waals surface area (Å²) in [5.41, 5.74) is 12.1. The van der Waals surface area contributed by atoms with E-state index in [1.807, 2.05) is 6.92 Å². The van der Waals surface area contributed by atoms with E-state index in [0.29, 0.717) is 0 Å². The van der Waals surface area contributed by atoms with Crippen LogP contribution in [-0.2, 0) is 0 Å². The van der Waals surface area contributed by atoms with E-state index >= 15 is 0 Å². The van der Waals surface area contributed by atoms with Gasteiger partial charge >= 0.3 is 0 Å². The Morgan fingerprint density at radius 2 is 2.21 bits per heavy atom. The summed E-state index contributed by atoms with van der Waals surface area (Å²) < 4.78 is 0. The number of nitrogens with one attached hydrogen (secondary N) is 1. The van der Waals surface area contributed by atoms with Crippen LogP contribution in [0.2, 0.25) is 0 Å². The summed E-state index contributed by atoms with van der Waals surface area (Å²) in [4.78, 5) is 2.33. The summed E-state index contributed by atoms with van der Waals surface area (Å²) in [5.74, 6) is 0. The topological polar surface area (TPSA) is 67.3 Å². The Balaban J connectivity index is 2.83. The van der Waals surface area contributed by atoms with Crippen molar-refractivity contribution in [1.82, 2.24) is 10.2 Å². The second-order valence-electron chi connectivity index (χ2n) is 4.22. The van der Waals surface area contributed by atoms with Crippen molar-refractivity contribution in [3.63, 3.8) is 0 Å². The molecule has 0 spiro atoms. The number of nitrogens with zero attached hydrogens (tertiary/aromatic N) is 1. The highest BCUT2D eigenvalue weighted by atomic mass is 15.3. The minimum Gasteiger partial charge on any atom is -0.326 e. The first kappa shape index (κ1) is 11.9. The Labute approximate surface area is 87.0 Å². The molecule has 0 aliphatic carbocycles. The van der Waals surface area contributed by atoms with E-state index in [1.165, 1.54) is 0 Å². The lowest BCUT2D eigenvalue weighted by Crippen LogP contribution is -2.75. The summed E-state index contributed by atoms with van der Waals surface area (Å²) in [6, 6.07) is 0.287. The van der Waals surface area contributed by atoms with Crippen molar-refractivity contribution in [3.05, 3.63) is 0 Å². The Morgan fingerprint density at radius 1 is 1.57 bits per heavy atom. The minimum absolute atomic E-state index is 0.0919. The van der Waals surface area contributed by atoms with Gasteiger partial charge in [-0.3, -0.25) is 4.90 Å². The molecule has 5 N–H and O–H groups in total. The van der Waals surface area contributed by atoms with Crippen molar-refractivity contribution in [2.75, 3.05) is 19.6 Å². The summed E-state index contributed by atoms with van der Waals surface area (Å²) >= 11 is 0. The van der Waals surface area contributed by atoms with Crippen LogP contribution in [-0.4, -0.2) is 42.3 Å². The Bertz CT molecular complexity index is 183. The fraction of sp³-hybridized carbons (Fsp3) is 1.00. The van der Waals surface area contributed by atoms with Gasteiger partial charge in [0.05, 0.1) is 11.7 Å². The molecule has 1 fully saturated rings. The van der Waals surface area contributed by atoms with Crippen LogP contribution in [0.5, 0.6) is 0 Å². The number of likely N-dealkylation sites (N-methyl/N-ethyl adjacent to an activating group) is 1. The van der Waals surface area contributed by atoms with Gasteiger partial charge in [0.2, 0.25) is 0 Å². The number of rotatable bonds is 3. The molecule has 14 heavy (non-hydrogen) atoms. The molecule has 3 atom stereocenters. The first-order chi connectivity index (χ1) is 6.56. The third-order valence-electron chi connectivity index (χ3n) is 3.35. The zero-order chi connectivity index (χ0) is 10.8. The van der Waals surface area contributed by atoms with Crippen LogP contribution >= 0.6 is 0 Å². The number of nitrogens with two attached hydrogens (primary N) is 2. The third kappa shape index (κ3) is 1.93. The molecule has 84 valence electrons. The highest BCUT2D eigenvalue weighted by molar-refractivity contribution is 5.01. The molecule has 1 heterocycles. The summed E-state index contributed by atoms with van der Waals surface area (Å²) in [5, 5.41) is 3.43. The lowest BCUT2D eigenvalue weighted by molar-refractivity contribution is 0.0173. The van der Waals surface area contributed by atoms with Gasteiger partial charge in [-0.05, 0) is 19.9 Å². The van der Waals surface area contributed by atoms with E-state index in [4.69, 9.17) is 11.5 Å². The number of hydrogen-bond donors (Lipinski definition) is 3. The SMILES string of the molecule is CCN1CCNC(C(C)N)C1(N)CC. The standard InChI is InChI=1S/C10H24N4/c1-4-10(12)9(8(3)11)13-6-7-14(10)5-2/h8-9,13H,4-7,11-12H2,1-3H3. The van der Waals surface area contributed by atoms with Gasteiger partial charge in [0.1, 0.15) is 0 Å². The monoisotopic (exact) mass is 200 g/mol. The van der Waals surface area contributed by atoms with Crippen LogP contribution in [0.4, 0.5) is 0 Å². The Kier molecular flexibility index (Phi) is 3.89. The van der Waals surface area contributed by atoms with Crippen molar-refractivity contribution in [1.29, 1.82) is 0 Å². The van der Waals surface area contributed by atoms with Crippen LogP contribution in [0, 0.1) is 0 Å². The van der Waals surface area contributed by atoms with E-state index in [9.17, 15) is 0 Å². The van der Waals surface area contributed by atoms with Gasteiger partial charge in [0.15, 0.2) is 0 Å². The highest BCUT2D eigenvalue weighted by Gasteiger charge is 2.42. The normalized spacial score (nSPS) is 37.1. The first-order valence-corrected chi connectivity index (χ1v) is 5.59. The quantitative estimate of drug-likeness (QED) is 0.585. The van der Waals surface area contributed by atoms with Crippen LogP contribution in [0.1, 0.15) is 27.2 Å². The highest BCUT2D eigenvalue weighted by Crippen LogP contribution is 2.22. The molecule has 1 rings (SSSR count). The average molecular weight is 200 g/mol. The second-order valence-corrected chi connectivity index (χ2v) is 4.22. The molecule has 4 nitrogen and oxygen atoms in total. The summed E-state index contributed by atoms with van der Waals surface area (Å²) in [7, 11) is 0. The number of piperazine rings is 1.